The molecule has 1 saturated heterocycles. The summed E-state index contributed by atoms with van der Waals surface area (Å²) in [5, 5.41) is 3.72. The number of likely N-dealkylation sites (tertiary alicyclic amines) is 1. The maximum Gasteiger partial charge on any atom is 0.0570 e. The van der Waals surface area contributed by atoms with E-state index in [0.29, 0.717) is 12.1 Å². The zero-order valence-corrected chi connectivity index (χ0v) is 12.5. The van der Waals surface area contributed by atoms with Gasteiger partial charge < -0.3 is 10.2 Å². The van der Waals surface area contributed by atoms with E-state index in [9.17, 15) is 0 Å². The number of nitrogens with one attached hydrogen (secondary N) is 1. The second-order valence-corrected chi connectivity index (χ2v) is 5.73. The van der Waals surface area contributed by atoms with Gasteiger partial charge in [-0.2, -0.15) is 0 Å². The SMILES string of the molecule is CCN1CCCC(C(C)N[C@H](C)c2ccccn2)C1. The molecule has 1 aromatic heterocycles. The lowest BCUT2D eigenvalue weighted by Gasteiger charge is -2.36. The first-order chi connectivity index (χ1) is 9.20. The fraction of sp³-hybridized carbons (Fsp3) is 0.688. The van der Waals surface area contributed by atoms with E-state index in [1.165, 1.54) is 32.5 Å². The van der Waals surface area contributed by atoms with Crippen molar-refractivity contribution in [1.29, 1.82) is 0 Å². The molecular weight excluding hydrogens is 234 g/mol. The van der Waals surface area contributed by atoms with Crippen molar-refractivity contribution < 1.29 is 0 Å². The lowest BCUT2D eigenvalue weighted by Crippen LogP contribution is -2.45. The van der Waals surface area contributed by atoms with Crippen molar-refractivity contribution in [2.24, 2.45) is 5.92 Å². The highest BCUT2D eigenvalue weighted by molar-refractivity contribution is 5.08. The van der Waals surface area contributed by atoms with E-state index in [4.69, 9.17) is 0 Å². The van der Waals surface area contributed by atoms with Gasteiger partial charge in [-0.05, 0) is 57.8 Å². The molecule has 3 nitrogen and oxygen atoms in total. The summed E-state index contributed by atoms with van der Waals surface area (Å²) >= 11 is 0. The smallest absolute Gasteiger partial charge is 0.0570 e. The molecule has 1 aliphatic heterocycles. The molecule has 2 heterocycles. The molecule has 0 bridgehead atoms. The van der Waals surface area contributed by atoms with Crippen molar-refractivity contribution in [3.8, 4) is 0 Å². The largest absolute Gasteiger partial charge is 0.306 e. The van der Waals surface area contributed by atoms with Gasteiger partial charge in [-0.3, -0.25) is 4.98 Å². The summed E-state index contributed by atoms with van der Waals surface area (Å²) < 4.78 is 0. The predicted molar refractivity (Wildman–Crippen MR) is 80.1 cm³/mol. The van der Waals surface area contributed by atoms with Crippen LogP contribution in [0.2, 0.25) is 0 Å². The summed E-state index contributed by atoms with van der Waals surface area (Å²) in [5.41, 5.74) is 1.14. The molecule has 0 saturated carbocycles. The number of rotatable bonds is 5. The molecule has 2 unspecified atom stereocenters. The van der Waals surface area contributed by atoms with Crippen LogP contribution < -0.4 is 5.32 Å². The average Bonchev–Trinajstić information content (AvgIpc) is 2.48. The number of pyridine rings is 1. The van der Waals surface area contributed by atoms with Crippen molar-refractivity contribution in [3.63, 3.8) is 0 Å². The summed E-state index contributed by atoms with van der Waals surface area (Å²) in [4.78, 5) is 7.00. The summed E-state index contributed by atoms with van der Waals surface area (Å²) in [6, 6.07) is 7.01. The van der Waals surface area contributed by atoms with Crippen LogP contribution in [0.4, 0.5) is 0 Å². The van der Waals surface area contributed by atoms with Crippen LogP contribution in [0.3, 0.4) is 0 Å². The van der Waals surface area contributed by atoms with Crippen molar-refractivity contribution in [2.75, 3.05) is 19.6 Å². The first-order valence-electron chi connectivity index (χ1n) is 7.60. The van der Waals surface area contributed by atoms with Crippen molar-refractivity contribution >= 4 is 0 Å². The summed E-state index contributed by atoms with van der Waals surface area (Å²) in [6.07, 6.45) is 4.56. The molecular formula is C16H27N3. The normalized spacial score (nSPS) is 24.1. The first kappa shape index (κ1) is 14.5. The zero-order valence-electron chi connectivity index (χ0n) is 12.5. The summed E-state index contributed by atoms with van der Waals surface area (Å²) in [6.45, 7) is 10.5. The molecule has 0 spiro atoms. The van der Waals surface area contributed by atoms with Crippen molar-refractivity contribution in [2.45, 2.75) is 45.7 Å². The van der Waals surface area contributed by atoms with Gasteiger partial charge in [0, 0.05) is 24.8 Å². The highest BCUT2D eigenvalue weighted by Crippen LogP contribution is 2.21. The molecule has 1 N–H and O–H groups in total. The Morgan fingerprint density at radius 1 is 1.42 bits per heavy atom. The topological polar surface area (TPSA) is 28.2 Å². The molecule has 106 valence electrons. The Morgan fingerprint density at radius 3 is 2.95 bits per heavy atom. The highest BCUT2D eigenvalue weighted by atomic mass is 15.1. The van der Waals surface area contributed by atoms with Crippen LogP contribution in [-0.2, 0) is 0 Å². The number of hydrogen-bond acceptors (Lipinski definition) is 3. The number of aromatic nitrogens is 1. The molecule has 0 radical (unpaired) electrons. The standard InChI is InChI=1S/C16H27N3/c1-4-19-11-7-8-15(12-19)13(2)18-14(3)16-9-5-6-10-17-16/h5-6,9-10,13-15,18H,4,7-8,11-12H2,1-3H3/t13?,14-,15?/m1/s1. The Kier molecular flexibility index (Phi) is 5.34. The second kappa shape index (κ2) is 7.01. The summed E-state index contributed by atoms with van der Waals surface area (Å²) in [5.74, 6) is 0.764. The number of piperidine rings is 1. The van der Waals surface area contributed by atoms with Crippen LogP contribution in [0.15, 0.2) is 24.4 Å². The minimum atomic E-state index is 0.327. The highest BCUT2D eigenvalue weighted by Gasteiger charge is 2.24. The van der Waals surface area contributed by atoms with Crippen LogP contribution in [0.5, 0.6) is 0 Å². The maximum absolute atomic E-state index is 4.44. The van der Waals surface area contributed by atoms with Crippen molar-refractivity contribution in [1.82, 2.24) is 15.2 Å². The molecule has 1 aliphatic rings. The van der Waals surface area contributed by atoms with E-state index in [0.717, 1.165) is 11.6 Å². The van der Waals surface area contributed by atoms with Crippen LogP contribution in [0.25, 0.3) is 0 Å². The Bertz CT molecular complexity index is 366. The van der Waals surface area contributed by atoms with Crippen molar-refractivity contribution in [3.05, 3.63) is 30.1 Å². The predicted octanol–water partition coefficient (Wildman–Crippen LogP) is 2.85. The van der Waals surface area contributed by atoms with Gasteiger partial charge in [0.15, 0.2) is 0 Å². The molecule has 3 atom stereocenters. The molecule has 0 aliphatic carbocycles. The quantitative estimate of drug-likeness (QED) is 0.883. The maximum atomic E-state index is 4.44. The Labute approximate surface area is 117 Å². The van der Waals surface area contributed by atoms with E-state index in [2.05, 4.69) is 48.1 Å². The second-order valence-electron chi connectivity index (χ2n) is 5.73. The van der Waals surface area contributed by atoms with Gasteiger partial charge in [0.25, 0.3) is 0 Å². The average molecular weight is 261 g/mol. The van der Waals surface area contributed by atoms with Gasteiger partial charge in [-0.25, -0.2) is 0 Å². The third-order valence-electron chi connectivity index (χ3n) is 4.34. The minimum absolute atomic E-state index is 0.327. The van der Waals surface area contributed by atoms with E-state index in [1.807, 2.05) is 12.3 Å². The molecule has 0 aromatic carbocycles. The van der Waals surface area contributed by atoms with Crippen LogP contribution in [0, 0.1) is 5.92 Å². The van der Waals surface area contributed by atoms with Gasteiger partial charge in [0.1, 0.15) is 0 Å². The van der Waals surface area contributed by atoms with Crippen LogP contribution in [0.1, 0.15) is 45.3 Å². The lowest BCUT2D eigenvalue weighted by atomic mass is 9.91. The van der Waals surface area contributed by atoms with E-state index in [1.54, 1.807) is 0 Å². The molecule has 0 amide bonds. The third-order valence-corrected chi connectivity index (χ3v) is 4.34. The van der Waals surface area contributed by atoms with Gasteiger partial charge in [0.2, 0.25) is 0 Å². The van der Waals surface area contributed by atoms with E-state index >= 15 is 0 Å². The lowest BCUT2D eigenvalue weighted by molar-refractivity contribution is 0.153. The Morgan fingerprint density at radius 2 is 2.26 bits per heavy atom. The summed E-state index contributed by atoms with van der Waals surface area (Å²) in [7, 11) is 0. The van der Waals surface area contributed by atoms with E-state index < -0.39 is 0 Å². The Balaban J connectivity index is 1.88. The van der Waals surface area contributed by atoms with Gasteiger partial charge >= 0.3 is 0 Å². The van der Waals surface area contributed by atoms with Crippen LogP contribution >= 0.6 is 0 Å². The van der Waals surface area contributed by atoms with Gasteiger partial charge in [0.05, 0.1) is 5.69 Å². The molecule has 19 heavy (non-hydrogen) atoms. The minimum Gasteiger partial charge on any atom is -0.306 e. The first-order valence-corrected chi connectivity index (χ1v) is 7.60. The molecule has 1 aromatic rings. The Hall–Kier alpha value is -0.930. The molecule has 2 rings (SSSR count). The molecule has 1 fully saturated rings. The zero-order chi connectivity index (χ0) is 13.7. The van der Waals surface area contributed by atoms with Crippen LogP contribution in [-0.4, -0.2) is 35.6 Å². The third kappa shape index (κ3) is 4.02. The monoisotopic (exact) mass is 261 g/mol. The fourth-order valence-electron chi connectivity index (χ4n) is 3.03. The molecule has 3 heteroatoms. The fourth-order valence-corrected chi connectivity index (χ4v) is 3.03. The van der Waals surface area contributed by atoms with Gasteiger partial charge in [-0.15, -0.1) is 0 Å². The number of nitrogens with zero attached hydrogens (tertiary/aromatic N) is 2. The number of hydrogen-bond donors (Lipinski definition) is 1. The van der Waals surface area contributed by atoms with Gasteiger partial charge in [-0.1, -0.05) is 13.0 Å². The van der Waals surface area contributed by atoms with E-state index in [-0.39, 0.29) is 0 Å².